The molecule has 0 aromatic carbocycles. The van der Waals surface area contributed by atoms with E-state index in [1.54, 1.807) is 0 Å². The molecule has 1 unspecified atom stereocenters. The van der Waals surface area contributed by atoms with Crippen LogP contribution in [-0.2, 0) is 6.54 Å². The molecule has 1 rings (SSSR count). The molecular weight excluding hydrogens is 186 g/mol. The highest BCUT2D eigenvalue weighted by Gasteiger charge is 2.06. The lowest BCUT2D eigenvalue weighted by Crippen LogP contribution is -2.21. The second kappa shape index (κ2) is 5.91. The van der Waals surface area contributed by atoms with Crippen molar-refractivity contribution in [3.8, 4) is 0 Å². The van der Waals surface area contributed by atoms with Crippen molar-refractivity contribution in [3.63, 3.8) is 0 Å². The molecule has 0 aliphatic carbocycles. The predicted octanol–water partition coefficient (Wildman–Crippen LogP) is 2.55. The Bertz CT molecular complexity index is 272. The molecule has 86 valence electrons. The number of aromatic amines is 1. The van der Waals surface area contributed by atoms with Gasteiger partial charge in [-0.25, -0.2) is 0 Å². The summed E-state index contributed by atoms with van der Waals surface area (Å²) in [5, 5.41) is 10.7. The molecule has 1 atom stereocenters. The first-order valence-corrected chi connectivity index (χ1v) is 5.86. The van der Waals surface area contributed by atoms with Crippen LogP contribution >= 0.6 is 0 Å². The zero-order chi connectivity index (χ0) is 11.3. The number of nitrogens with zero attached hydrogens (tertiary/aromatic N) is 1. The third-order valence-electron chi connectivity index (χ3n) is 2.86. The molecular formula is C12H23N3. The summed E-state index contributed by atoms with van der Waals surface area (Å²) in [6, 6.07) is 0. The molecule has 0 saturated carbocycles. The van der Waals surface area contributed by atoms with Crippen LogP contribution in [0.2, 0.25) is 0 Å². The number of hydrogen-bond donors (Lipinski definition) is 2. The molecule has 0 aliphatic rings. The molecule has 2 N–H and O–H groups in total. The molecule has 1 aromatic heterocycles. The minimum Gasteiger partial charge on any atom is -0.312 e. The van der Waals surface area contributed by atoms with E-state index in [4.69, 9.17) is 0 Å². The maximum Gasteiger partial charge on any atom is 0.0638 e. The van der Waals surface area contributed by atoms with E-state index in [2.05, 4.69) is 43.2 Å². The molecule has 0 amide bonds. The Labute approximate surface area is 92.7 Å². The van der Waals surface area contributed by atoms with Crippen LogP contribution < -0.4 is 5.32 Å². The second-order valence-electron chi connectivity index (χ2n) is 4.44. The highest BCUT2D eigenvalue weighted by atomic mass is 15.1. The van der Waals surface area contributed by atoms with Crippen molar-refractivity contribution in [1.82, 2.24) is 15.5 Å². The minimum absolute atomic E-state index is 0.766. The first kappa shape index (κ1) is 12.2. The van der Waals surface area contributed by atoms with Gasteiger partial charge in [0, 0.05) is 17.8 Å². The van der Waals surface area contributed by atoms with Crippen molar-refractivity contribution in [2.24, 2.45) is 5.92 Å². The van der Waals surface area contributed by atoms with Gasteiger partial charge in [-0.2, -0.15) is 5.10 Å². The molecule has 15 heavy (non-hydrogen) atoms. The highest BCUT2D eigenvalue weighted by Crippen LogP contribution is 2.09. The summed E-state index contributed by atoms with van der Waals surface area (Å²) in [6.45, 7) is 10.7. The number of aromatic nitrogens is 2. The van der Waals surface area contributed by atoms with Gasteiger partial charge in [-0.05, 0) is 32.7 Å². The Morgan fingerprint density at radius 1 is 1.40 bits per heavy atom. The van der Waals surface area contributed by atoms with E-state index >= 15 is 0 Å². The largest absolute Gasteiger partial charge is 0.312 e. The summed E-state index contributed by atoms with van der Waals surface area (Å²) < 4.78 is 0. The fourth-order valence-corrected chi connectivity index (χ4v) is 1.87. The second-order valence-corrected chi connectivity index (χ2v) is 4.44. The highest BCUT2D eigenvalue weighted by molar-refractivity contribution is 5.22. The van der Waals surface area contributed by atoms with Crippen molar-refractivity contribution in [2.45, 2.75) is 47.1 Å². The van der Waals surface area contributed by atoms with Crippen LogP contribution in [0.1, 0.15) is 43.6 Å². The van der Waals surface area contributed by atoms with Gasteiger partial charge in [-0.3, -0.25) is 5.10 Å². The average molecular weight is 209 g/mol. The van der Waals surface area contributed by atoms with E-state index in [9.17, 15) is 0 Å². The van der Waals surface area contributed by atoms with Crippen LogP contribution in [0.25, 0.3) is 0 Å². The quantitative estimate of drug-likeness (QED) is 0.756. The Morgan fingerprint density at radius 2 is 2.13 bits per heavy atom. The molecule has 0 radical (unpaired) electrons. The number of rotatable bonds is 6. The molecule has 0 saturated heterocycles. The number of aryl methyl sites for hydroxylation is 2. The summed E-state index contributed by atoms with van der Waals surface area (Å²) >= 11 is 0. The zero-order valence-electron chi connectivity index (χ0n) is 10.4. The van der Waals surface area contributed by atoms with Crippen molar-refractivity contribution >= 4 is 0 Å². The number of hydrogen-bond acceptors (Lipinski definition) is 2. The summed E-state index contributed by atoms with van der Waals surface area (Å²) in [6.07, 6.45) is 2.57. The van der Waals surface area contributed by atoms with E-state index in [0.717, 1.165) is 24.7 Å². The first-order chi connectivity index (χ1) is 7.15. The Morgan fingerprint density at radius 3 is 2.67 bits per heavy atom. The number of nitrogens with one attached hydrogen (secondary N) is 2. The molecule has 3 nitrogen and oxygen atoms in total. The Kier molecular flexibility index (Phi) is 4.82. The number of H-pyrrole nitrogens is 1. The summed E-state index contributed by atoms with van der Waals surface area (Å²) in [7, 11) is 0. The van der Waals surface area contributed by atoms with E-state index in [0.29, 0.717) is 0 Å². The van der Waals surface area contributed by atoms with Crippen LogP contribution in [0.5, 0.6) is 0 Å². The van der Waals surface area contributed by atoms with Crippen LogP contribution in [0, 0.1) is 19.8 Å². The SMILES string of the molecule is CCCC(C)CNCc1c(C)n[nH]c1C. The molecule has 0 bridgehead atoms. The van der Waals surface area contributed by atoms with Gasteiger partial charge in [-0.15, -0.1) is 0 Å². The minimum atomic E-state index is 0.766. The van der Waals surface area contributed by atoms with Crippen molar-refractivity contribution in [3.05, 3.63) is 17.0 Å². The maximum absolute atomic E-state index is 4.19. The van der Waals surface area contributed by atoms with Crippen LogP contribution in [0.3, 0.4) is 0 Å². The van der Waals surface area contributed by atoms with Gasteiger partial charge in [0.05, 0.1) is 5.69 Å². The van der Waals surface area contributed by atoms with Crippen molar-refractivity contribution < 1.29 is 0 Å². The fourth-order valence-electron chi connectivity index (χ4n) is 1.87. The maximum atomic E-state index is 4.19. The van der Waals surface area contributed by atoms with E-state index < -0.39 is 0 Å². The van der Waals surface area contributed by atoms with Gasteiger partial charge in [0.15, 0.2) is 0 Å². The smallest absolute Gasteiger partial charge is 0.0638 e. The molecule has 1 aromatic rings. The normalized spacial score (nSPS) is 13.1. The van der Waals surface area contributed by atoms with E-state index in [1.165, 1.54) is 24.1 Å². The molecule has 0 fully saturated rings. The fraction of sp³-hybridized carbons (Fsp3) is 0.750. The average Bonchev–Trinajstić information content (AvgIpc) is 2.49. The summed E-state index contributed by atoms with van der Waals surface area (Å²) in [5.74, 6) is 0.766. The van der Waals surface area contributed by atoms with Crippen molar-refractivity contribution in [1.29, 1.82) is 0 Å². The molecule has 3 heteroatoms. The summed E-state index contributed by atoms with van der Waals surface area (Å²) in [4.78, 5) is 0. The monoisotopic (exact) mass is 209 g/mol. The lowest BCUT2D eigenvalue weighted by atomic mass is 10.1. The van der Waals surface area contributed by atoms with Gasteiger partial charge >= 0.3 is 0 Å². The van der Waals surface area contributed by atoms with Crippen LogP contribution in [0.4, 0.5) is 0 Å². The van der Waals surface area contributed by atoms with Gasteiger partial charge < -0.3 is 5.32 Å². The lowest BCUT2D eigenvalue weighted by Gasteiger charge is -2.11. The van der Waals surface area contributed by atoms with E-state index in [1.807, 2.05) is 0 Å². The van der Waals surface area contributed by atoms with Gasteiger partial charge in [0.1, 0.15) is 0 Å². The van der Waals surface area contributed by atoms with Crippen molar-refractivity contribution in [2.75, 3.05) is 6.54 Å². The van der Waals surface area contributed by atoms with Crippen LogP contribution in [0.15, 0.2) is 0 Å². The van der Waals surface area contributed by atoms with Gasteiger partial charge in [-0.1, -0.05) is 20.3 Å². The third-order valence-corrected chi connectivity index (χ3v) is 2.86. The zero-order valence-corrected chi connectivity index (χ0v) is 10.4. The Hall–Kier alpha value is -0.830. The van der Waals surface area contributed by atoms with Crippen LogP contribution in [-0.4, -0.2) is 16.7 Å². The van der Waals surface area contributed by atoms with Gasteiger partial charge in [0.2, 0.25) is 0 Å². The lowest BCUT2D eigenvalue weighted by molar-refractivity contribution is 0.475. The third kappa shape index (κ3) is 3.67. The molecule has 1 heterocycles. The van der Waals surface area contributed by atoms with Gasteiger partial charge in [0.25, 0.3) is 0 Å². The first-order valence-electron chi connectivity index (χ1n) is 5.86. The predicted molar refractivity (Wildman–Crippen MR) is 63.8 cm³/mol. The van der Waals surface area contributed by atoms with E-state index in [-0.39, 0.29) is 0 Å². The Balaban J connectivity index is 2.31. The topological polar surface area (TPSA) is 40.7 Å². The summed E-state index contributed by atoms with van der Waals surface area (Å²) in [5.41, 5.74) is 3.62. The molecule has 0 aliphatic heterocycles. The standard InChI is InChI=1S/C12H23N3/c1-5-6-9(2)7-13-8-12-10(3)14-15-11(12)4/h9,13H,5-8H2,1-4H3,(H,14,15). The molecule has 0 spiro atoms.